The van der Waals surface area contributed by atoms with E-state index in [9.17, 15) is 5.11 Å². The summed E-state index contributed by atoms with van der Waals surface area (Å²) in [6, 6.07) is 8.17. The second-order valence-corrected chi connectivity index (χ2v) is 4.51. The van der Waals surface area contributed by atoms with Crippen molar-refractivity contribution in [3.63, 3.8) is 0 Å². The molecule has 1 aromatic heterocycles. The Morgan fingerprint density at radius 1 is 1.33 bits per heavy atom. The fourth-order valence-electron chi connectivity index (χ4n) is 2.36. The molecule has 1 unspecified atom stereocenters. The number of aliphatic hydroxyl groups is 1. The summed E-state index contributed by atoms with van der Waals surface area (Å²) in [5.74, 6) is 0. The van der Waals surface area contributed by atoms with E-state index in [1.807, 2.05) is 19.1 Å². The molecule has 78 valence electrons. The van der Waals surface area contributed by atoms with Crippen molar-refractivity contribution in [3.05, 3.63) is 36.1 Å². The van der Waals surface area contributed by atoms with Crippen molar-refractivity contribution in [2.75, 3.05) is 0 Å². The van der Waals surface area contributed by atoms with Gasteiger partial charge in [-0.15, -0.1) is 0 Å². The van der Waals surface area contributed by atoms with Crippen molar-refractivity contribution >= 4 is 11.0 Å². The first kappa shape index (κ1) is 8.98. The first-order chi connectivity index (χ1) is 7.22. The number of furan rings is 1. The van der Waals surface area contributed by atoms with Crippen LogP contribution in [0.5, 0.6) is 0 Å². The van der Waals surface area contributed by atoms with E-state index < -0.39 is 0 Å². The van der Waals surface area contributed by atoms with Gasteiger partial charge in [-0.25, -0.2) is 0 Å². The zero-order valence-corrected chi connectivity index (χ0v) is 8.73. The number of fused-ring (bicyclic) bond motifs is 1. The Bertz CT molecular complexity index is 492. The van der Waals surface area contributed by atoms with Crippen LogP contribution in [0.15, 0.2) is 34.9 Å². The molecule has 0 aliphatic heterocycles. The summed E-state index contributed by atoms with van der Waals surface area (Å²) in [5, 5.41) is 10.9. The van der Waals surface area contributed by atoms with Crippen LogP contribution in [0.1, 0.15) is 25.3 Å². The molecule has 0 bridgehead atoms. The lowest BCUT2D eigenvalue weighted by Gasteiger charge is -2.18. The average Bonchev–Trinajstić information content (AvgIpc) is 2.91. The normalized spacial score (nSPS) is 20.4. The first-order valence-electron chi connectivity index (χ1n) is 5.38. The predicted molar refractivity (Wildman–Crippen MR) is 58.8 cm³/mol. The van der Waals surface area contributed by atoms with Gasteiger partial charge in [-0.1, -0.05) is 6.07 Å². The van der Waals surface area contributed by atoms with Crippen LogP contribution in [0.3, 0.4) is 0 Å². The van der Waals surface area contributed by atoms with Gasteiger partial charge in [0.25, 0.3) is 0 Å². The number of benzene rings is 1. The minimum Gasteiger partial charge on any atom is -0.464 e. The zero-order chi connectivity index (χ0) is 10.5. The van der Waals surface area contributed by atoms with Gasteiger partial charge < -0.3 is 9.52 Å². The molecule has 3 rings (SSSR count). The lowest BCUT2D eigenvalue weighted by Crippen LogP contribution is -2.22. The maximum absolute atomic E-state index is 9.80. The highest BCUT2D eigenvalue weighted by Crippen LogP contribution is 2.51. The molecule has 1 aromatic carbocycles. The molecule has 2 heteroatoms. The van der Waals surface area contributed by atoms with Gasteiger partial charge in [0.1, 0.15) is 5.58 Å². The first-order valence-corrected chi connectivity index (χ1v) is 5.38. The highest BCUT2D eigenvalue weighted by atomic mass is 16.3. The van der Waals surface area contributed by atoms with Crippen LogP contribution >= 0.6 is 0 Å². The molecule has 2 nitrogen and oxygen atoms in total. The summed E-state index contributed by atoms with van der Waals surface area (Å²) in [6.07, 6.45) is 3.63. The van der Waals surface area contributed by atoms with E-state index in [0.717, 1.165) is 23.8 Å². The van der Waals surface area contributed by atoms with Crippen LogP contribution < -0.4 is 0 Å². The lowest BCUT2D eigenvalue weighted by molar-refractivity contribution is 0.151. The van der Waals surface area contributed by atoms with Crippen LogP contribution in [-0.4, -0.2) is 11.2 Å². The van der Waals surface area contributed by atoms with Crippen molar-refractivity contribution in [1.29, 1.82) is 0 Å². The highest BCUT2D eigenvalue weighted by molar-refractivity contribution is 5.78. The van der Waals surface area contributed by atoms with Crippen molar-refractivity contribution in [2.45, 2.75) is 31.3 Å². The fraction of sp³-hybridized carbons (Fsp3) is 0.385. The van der Waals surface area contributed by atoms with Gasteiger partial charge in [0.2, 0.25) is 0 Å². The van der Waals surface area contributed by atoms with Crippen molar-refractivity contribution < 1.29 is 9.52 Å². The average molecular weight is 202 g/mol. The summed E-state index contributed by atoms with van der Waals surface area (Å²) in [5.41, 5.74) is 2.18. The second-order valence-electron chi connectivity index (χ2n) is 4.51. The van der Waals surface area contributed by atoms with Crippen LogP contribution in [0.25, 0.3) is 11.0 Å². The molecule has 0 radical (unpaired) electrons. The minimum atomic E-state index is -0.262. The third kappa shape index (κ3) is 1.21. The Morgan fingerprint density at radius 3 is 2.80 bits per heavy atom. The number of rotatable bonds is 2. The van der Waals surface area contributed by atoms with Crippen LogP contribution in [-0.2, 0) is 5.41 Å². The van der Waals surface area contributed by atoms with Crippen LogP contribution in [0.4, 0.5) is 0 Å². The molecule has 1 aliphatic carbocycles. The Morgan fingerprint density at radius 2 is 2.13 bits per heavy atom. The Labute approximate surface area is 88.5 Å². The van der Waals surface area contributed by atoms with Gasteiger partial charge >= 0.3 is 0 Å². The number of aliphatic hydroxyl groups excluding tert-OH is 1. The third-order valence-corrected chi connectivity index (χ3v) is 3.62. The molecule has 0 amide bonds. The quantitative estimate of drug-likeness (QED) is 0.812. The van der Waals surface area contributed by atoms with E-state index in [0.29, 0.717) is 0 Å². The molecule has 1 aliphatic rings. The SMILES string of the molecule is CC(O)C1(c2ccc3occc3c2)CC1. The minimum absolute atomic E-state index is 0.0193. The lowest BCUT2D eigenvalue weighted by atomic mass is 9.90. The molecule has 0 saturated heterocycles. The molecular weight excluding hydrogens is 188 g/mol. The largest absolute Gasteiger partial charge is 0.464 e. The smallest absolute Gasteiger partial charge is 0.133 e. The molecule has 1 heterocycles. The van der Waals surface area contributed by atoms with Gasteiger partial charge in [-0.3, -0.25) is 0 Å². The van der Waals surface area contributed by atoms with E-state index in [1.165, 1.54) is 5.56 Å². The van der Waals surface area contributed by atoms with Crippen molar-refractivity contribution in [1.82, 2.24) is 0 Å². The number of hydrogen-bond acceptors (Lipinski definition) is 2. The van der Waals surface area contributed by atoms with E-state index in [1.54, 1.807) is 6.26 Å². The van der Waals surface area contributed by atoms with E-state index in [2.05, 4.69) is 12.1 Å². The van der Waals surface area contributed by atoms with Gasteiger partial charge in [0.15, 0.2) is 0 Å². The highest BCUT2D eigenvalue weighted by Gasteiger charge is 2.48. The fourth-order valence-corrected chi connectivity index (χ4v) is 2.36. The maximum atomic E-state index is 9.80. The summed E-state index contributed by atoms with van der Waals surface area (Å²) >= 11 is 0. The van der Waals surface area contributed by atoms with Gasteiger partial charge in [0.05, 0.1) is 12.4 Å². The van der Waals surface area contributed by atoms with Crippen LogP contribution in [0.2, 0.25) is 0 Å². The monoisotopic (exact) mass is 202 g/mol. The van der Waals surface area contributed by atoms with E-state index >= 15 is 0 Å². The third-order valence-electron chi connectivity index (χ3n) is 3.62. The van der Waals surface area contributed by atoms with Crippen molar-refractivity contribution in [2.24, 2.45) is 0 Å². The summed E-state index contributed by atoms with van der Waals surface area (Å²) in [6.45, 7) is 1.88. The molecule has 15 heavy (non-hydrogen) atoms. The number of hydrogen-bond donors (Lipinski definition) is 1. The Kier molecular flexibility index (Phi) is 1.71. The summed E-state index contributed by atoms with van der Waals surface area (Å²) < 4.78 is 5.30. The topological polar surface area (TPSA) is 33.4 Å². The predicted octanol–water partition coefficient (Wildman–Crippen LogP) is 2.85. The second kappa shape index (κ2) is 2.86. The van der Waals surface area contributed by atoms with Gasteiger partial charge in [0, 0.05) is 10.8 Å². The van der Waals surface area contributed by atoms with Gasteiger partial charge in [-0.05, 0) is 43.5 Å². The summed E-state index contributed by atoms with van der Waals surface area (Å²) in [7, 11) is 0. The Hall–Kier alpha value is -1.28. The van der Waals surface area contributed by atoms with E-state index in [-0.39, 0.29) is 11.5 Å². The zero-order valence-electron chi connectivity index (χ0n) is 8.73. The standard InChI is InChI=1S/C13H14O2/c1-9(14)13(5-6-13)11-2-3-12-10(8-11)4-7-15-12/h2-4,7-9,14H,5-6H2,1H3. The Balaban J connectivity index is 2.11. The maximum Gasteiger partial charge on any atom is 0.133 e. The molecular formula is C13H14O2. The molecule has 1 atom stereocenters. The molecule has 1 N–H and O–H groups in total. The molecule has 0 spiro atoms. The molecule has 1 saturated carbocycles. The van der Waals surface area contributed by atoms with Crippen LogP contribution in [0, 0.1) is 0 Å². The molecule has 1 fully saturated rings. The molecule has 2 aromatic rings. The van der Waals surface area contributed by atoms with Gasteiger partial charge in [-0.2, -0.15) is 0 Å². The van der Waals surface area contributed by atoms with E-state index in [4.69, 9.17) is 4.42 Å². The van der Waals surface area contributed by atoms with Crippen molar-refractivity contribution in [3.8, 4) is 0 Å². The summed E-state index contributed by atoms with van der Waals surface area (Å²) in [4.78, 5) is 0.